The maximum absolute atomic E-state index is 12.2. The minimum atomic E-state index is -0.341. The maximum atomic E-state index is 12.2. The normalized spacial score (nSPS) is 15.8. The number of para-hydroxylation sites is 1. The largest absolute Gasteiger partial charge is 0.491 e. The second kappa shape index (κ2) is 7.17. The van der Waals surface area contributed by atoms with Gasteiger partial charge in [0, 0.05) is 0 Å². The molecule has 0 unspecified atom stereocenters. The lowest BCUT2D eigenvalue weighted by Crippen LogP contribution is -2.17. The van der Waals surface area contributed by atoms with E-state index >= 15 is 0 Å². The third-order valence-electron chi connectivity index (χ3n) is 3.73. The fraction of sp³-hybridized carbons (Fsp3) is 0.562. The van der Waals surface area contributed by atoms with E-state index in [0.29, 0.717) is 36.1 Å². The first-order chi connectivity index (χ1) is 9.72. The molecule has 1 saturated carbocycles. The predicted octanol–water partition coefficient (Wildman–Crippen LogP) is 3.40. The molecule has 2 N–H and O–H groups in total. The van der Waals surface area contributed by atoms with Crippen LogP contribution in [-0.2, 0) is 4.74 Å². The number of benzene rings is 1. The first kappa shape index (κ1) is 14.7. The number of esters is 1. The van der Waals surface area contributed by atoms with Crippen molar-refractivity contribution >= 4 is 11.7 Å². The molecule has 0 bridgehead atoms. The second-order valence-corrected chi connectivity index (χ2v) is 5.26. The molecule has 0 spiro atoms. The van der Waals surface area contributed by atoms with Crippen LogP contribution in [0.15, 0.2) is 18.2 Å². The summed E-state index contributed by atoms with van der Waals surface area (Å²) < 4.78 is 10.9. The van der Waals surface area contributed by atoms with E-state index in [1.54, 1.807) is 18.2 Å². The SMILES string of the molecule is CCOc1c(N)cccc1C(=O)OCC1CCCCC1. The van der Waals surface area contributed by atoms with Crippen LogP contribution in [-0.4, -0.2) is 19.2 Å². The Morgan fingerprint density at radius 2 is 2.05 bits per heavy atom. The van der Waals surface area contributed by atoms with E-state index in [2.05, 4.69) is 0 Å². The summed E-state index contributed by atoms with van der Waals surface area (Å²) in [4.78, 5) is 12.2. The van der Waals surface area contributed by atoms with Crippen molar-refractivity contribution < 1.29 is 14.3 Å². The van der Waals surface area contributed by atoms with Gasteiger partial charge in [-0.2, -0.15) is 0 Å². The molecule has 0 radical (unpaired) electrons. The minimum absolute atomic E-state index is 0.341. The predicted molar refractivity (Wildman–Crippen MR) is 78.9 cm³/mol. The number of rotatable bonds is 5. The van der Waals surface area contributed by atoms with Crippen LogP contribution in [0.1, 0.15) is 49.4 Å². The van der Waals surface area contributed by atoms with Gasteiger partial charge in [0.2, 0.25) is 0 Å². The molecule has 2 rings (SSSR count). The summed E-state index contributed by atoms with van der Waals surface area (Å²) in [6, 6.07) is 5.17. The summed E-state index contributed by atoms with van der Waals surface area (Å²) in [6.45, 7) is 2.83. The summed E-state index contributed by atoms with van der Waals surface area (Å²) in [5.41, 5.74) is 6.74. The Hall–Kier alpha value is -1.71. The number of hydrogen-bond acceptors (Lipinski definition) is 4. The molecule has 110 valence electrons. The van der Waals surface area contributed by atoms with Gasteiger partial charge in [-0.1, -0.05) is 25.3 Å². The summed E-state index contributed by atoms with van der Waals surface area (Å²) in [6.07, 6.45) is 6.09. The van der Waals surface area contributed by atoms with Crippen molar-refractivity contribution in [2.45, 2.75) is 39.0 Å². The summed E-state index contributed by atoms with van der Waals surface area (Å²) >= 11 is 0. The Balaban J connectivity index is 1.99. The number of nitrogens with two attached hydrogens (primary N) is 1. The molecule has 1 aliphatic rings. The summed E-state index contributed by atoms with van der Waals surface area (Å²) in [5.74, 6) is 0.597. The standard InChI is InChI=1S/C16H23NO3/c1-2-19-15-13(9-6-10-14(15)17)16(18)20-11-12-7-4-3-5-8-12/h6,9-10,12H,2-5,7-8,11,17H2,1H3. The fourth-order valence-corrected chi connectivity index (χ4v) is 2.65. The summed E-state index contributed by atoms with van der Waals surface area (Å²) in [5, 5.41) is 0. The number of anilines is 1. The average molecular weight is 277 g/mol. The van der Waals surface area contributed by atoms with Crippen molar-refractivity contribution in [2.24, 2.45) is 5.92 Å². The van der Waals surface area contributed by atoms with Gasteiger partial charge in [0.15, 0.2) is 5.75 Å². The topological polar surface area (TPSA) is 61.5 Å². The third-order valence-corrected chi connectivity index (χ3v) is 3.73. The number of nitrogen functional groups attached to an aromatic ring is 1. The van der Waals surface area contributed by atoms with E-state index in [0.717, 1.165) is 12.8 Å². The molecule has 1 aromatic carbocycles. The lowest BCUT2D eigenvalue weighted by Gasteiger charge is -2.21. The minimum Gasteiger partial charge on any atom is -0.491 e. The van der Waals surface area contributed by atoms with Gasteiger partial charge in [0.05, 0.1) is 18.9 Å². The average Bonchev–Trinajstić information content (AvgIpc) is 2.48. The van der Waals surface area contributed by atoms with Crippen LogP contribution in [0.4, 0.5) is 5.69 Å². The molecule has 1 fully saturated rings. The highest BCUT2D eigenvalue weighted by Crippen LogP contribution is 2.28. The highest BCUT2D eigenvalue weighted by molar-refractivity contribution is 5.94. The Bertz CT molecular complexity index is 453. The van der Waals surface area contributed by atoms with Crippen molar-refractivity contribution in [3.8, 4) is 5.75 Å². The van der Waals surface area contributed by atoms with Crippen LogP contribution < -0.4 is 10.5 Å². The number of ether oxygens (including phenoxy) is 2. The number of carbonyl (C=O) groups is 1. The fourth-order valence-electron chi connectivity index (χ4n) is 2.65. The van der Waals surface area contributed by atoms with Crippen LogP contribution in [0.25, 0.3) is 0 Å². The zero-order chi connectivity index (χ0) is 14.4. The zero-order valence-electron chi connectivity index (χ0n) is 12.1. The first-order valence-electron chi connectivity index (χ1n) is 7.40. The molecular formula is C16H23NO3. The van der Waals surface area contributed by atoms with Crippen LogP contribution in [0.2, 0.25) is 0 Å². The van der Waals surface area contributed by atoms with Crippen molar-refractivity contribution in [2.75, 3.05) is 18.9 Å². The Morgan fingerprint density at radius 3 is 2.75 bits per heavy atom. The molecule has 1 aromatic rings. The van der Waals surface area contributed by atoms with Crippen molar-refractivity contribution in [1.82, 2.24) is 0 Å². The third kappa shape index (κ3) is 3.65. The smallest absolute Gasteiger partial charge is 0.342 e. The Kier molecular flexibility index (Phi) is 5.27. The molecule has 4 heteroatoms. The molecule has 0 amide bonds. The number of hydrogen-bond donors (Lipinski definition) is 1. The highest BCUT2D eigenvalue weighted by atomic mass is 16.5. The van der Waals surface area contributed by atoms with E-state index in [-0.39, 0.29) is 5.97 Å². The van der Waals surface area contributed by atoms with Gasteiger partial charge < -0.3 is 15.2 Å². The van der Waals surface area contributed by atoms with Gasteiger partial charge in [-0.15, -0.1) is 0 Å². The van der Waals surface area contributed by atoms with E-state index in [4.69, 9.17) is 15.2 Å². The van der Waals surface area contributed by atoms with Crippen LogP contribution in [0, 0.1) is 5.92 Å². The van der Waals surface area contributed by atoms with E-state index < -0.39 is 0 Å². The van der Waals surface area contributed by atoms with Gasteiger partial charge in [0.25, 0.3) is 0 Å². The lowest BCUT2D eigenvalue weighted by molar-refractivity contribution is 0.0406. The second-order valence-electron chi connectivity index (χ2n) is 5.26. The van der Waals surface area contributed by atoms with Gasteiger partial charge >= 0.3 is 5.97 Å². The molecule has 1 aliphatic carbocycles. The molecule has 0 aliphatic heterocycles. The molecule has 4 nitrogen and oxygen atoms in total. The number of carbonyl (C=O) groups excluding carboxylic acids is 1. The van der Waals surface area contributed by atoms with E-state index in [1.807, 2.05) is 6.92 Å². The first-order valence-corrected chi connectivity index (χ1v) is 7.40. The van der Waals surface area contributed by atoms with Crippen molar-refractivity contribution in [3.05, 3.63) is 23.8 Å². The molecular weight excluding hydrogens is 254 g/mol. The molecule has 0 saturated heterocycles. The van der Waals surface area contributed by atoms with Crippen LogP contribution >= 0.6 is 0 Å². The van der Waals surface area contributed by atoms with E-state index in [9.17, 15) is 4.79 Å². The monoisotopic (exact) mass is 277 g/mol. The molecule has 0 heterocycles. The van der Waals surface area contributed by atoms with Crippen molar-refractivity contribution in [1.29, 1.82) is 0 Å². The van der Waals surface area contributed by atoms with Gasteiger partial charge in [-0.25, -0.2) is 4.79 Å². The maximum Gasteiger partial charge on any atom is 0.342 e. The zero-order valence-corrected chi connectivity index (χ0v) is 12.1. The Morgan fingerprint density at radius 1 is 1.30 bits per heavy atom. The van der Waals surface area contributed by atoms with Gasteiger partial charge in [-0.3, -0.25) is 0 Å². The quantitative estimate of drug-likeness (QED) is 0.662. The van der Waals surface area contributed by atoms with Gasteiger partial charge in [-0.05, 0) is 37.8 Å². The molecule has 0 aromatic heterocycles. The van der Waals surface area contributed by atoms with Crippen molar-refractivity contribution in [3.63, 3.8) is 0 Å². The summed E-state index contributed by atoms with van der Waals surface area (Å²) in [7, 11) is 0. The van der Waals surface area contributed by atoms with Crippen LogP contribution in [0.5, 0.6) is 5.75 Å². The Labute approximate surface area is 120 Å². The van der Waals surface area contributed by atoms with Crippen LogP contribution in [0.3, 0.4) is 0 Å². The molecule has 0 atom stereocenters. The van der Waals surface area contributed by atoms with Gasteiger partial charge in [0.1, 0.15) is 5.56 Å². The lowest BCUT2D eigenvalue weighted by atomic mass is 9.90. The molecule has 20 heavy (non-hydrogen) atoms. The highest BCUT2D eigenvalue weighted by Gasteiger charge is 2.19. The van der Waals surface area contributed by atoms with E-state index in [1.165, 1.54) is 19.3 Å².